The van der Waals surface area contributed by atoms with Gasteiger partial charge < -0.3 is 14.8 Å². The molecule has 0 saturated carbocycles. The Morgan fingerprint density at radius 3 is 2.38 bits per heavy atom. The number of fused-ring (bicyclic) bond motifs is 1. The summed E-state index contributed by atoms with van der Waals surface area (Å²) in [4.78, 5) is 31.8. The van der Waals surface area contributed by atoms with Crippen LogP contribution in [-0.2, 0) is 22.6 Å². The van der Waals surface area contributed by atoms with Crippen molar-refractivity contribution in [3.63, 3.8) is 0 Å². The van der Waals surface area contributed by atoms with Gasteiger partial charge in [-0.2, -0.15) is 0 Å². The zero-order chi connectivity index (χ0) is 20.8. The van der Waals surface area contributed by atoms with Gasteiger partial charge in [-0.15, -0.1) is 0 Å². The van der Waals surface area contributed by atoms with Crippen molar-refractivity contribution in [3.8, 4) is 0 Å². The van der Waals surface area contributed by atoms with Gasteiger partial charge in [-0.25, -0.2) is 4.98 Å². The maximum Gasteiger partial charge on any atom is 0.242 e. The van der Waals surface area contributed by atoms with Crippen LogP contribution in [0.3, 0.4) is 0 Å². The zero-order valence-electron chi connectivity index (χ0n) is 17.3. The number of hydrogen-bond donors (Lipinski definition) is 1. The van der Waals surface area contributed by atoms with Crippen molar-refractivity contribution < 1.29 is 9.59 Å². The number of imidazole rings is 1. The number of rotatable bonds is 8. The van der Waals surface area contributed by atoms with E-state index in [-0.39, 0.29) is 24.4 Å². The van der Waals surface area contributed by atoms with Gasteiger partial charge in [0.1, 0.15) is 12.4 Å². The lowest BCUT2D eigenvalue weighted by Gasteiger charge is -2.21. The molecule has 1 aromatic heterocycles. The van der Waals surface area contributed by atoms with E-state index >= 15 is 0 Å². The molecule has 0 aliphatic carbocycles. The van der Waals surface area contributed by atoms with Gasteiger partial charge in [0.05, 0.1) is 23.5 Å². The molecule has 2 aromatic carbocycles. The van der Waals surface area contributed by atoms with Crippen LogP contribution in [0.4, 0.5) is 0 Å². The molecule has 0 bridgehead atoms. The van der Waals surface area contributed by atoms with Gasteiger partial charge >= 0.3 is 0 Å². The van der Waals surface area contributed by atoms with Crippen LogP contribution in [0.25, 0.3) is 11.0 Å². The maximum absolute atomic E-state index is 12.7. The maximum atomic E-state index is 12.7. The largest absolute Gasteiger partial charge is 0.346 e. The van der Waals surface area contributed by atoms with E-state index in [1.54, 1.807) is 4.90 Å². The van der Waals surface area contributed by atoms with Crippen molar-refractivity contribution in [2.75, 3.05) is 13.1 Å². The highest BCUT2D eigenvalue weighted by Gasteiger charge is 2.21. The number of aromatic nitrogens is 2. The second kappa shape index (κ2) is 9.37. The third-order valence-electron chi connectivity index (χ3n) is 5.07. The highest BCUT2D eigenvalue weighted by molar-refractivity contribution is 5.82. The standard InChI is InChI=1S/C23H28N4O2/c1-4-26(5-2)22(29)16-27-20-14-10-9-13-19(20)25-23(27)17(3)24-21(28)15-18-11-7-6-8-12-18/h6-14,17H,4-5,15-16H2,1-3H3,(H,24,28). The van der Waals surface area contributed by atoms with E-state index in [2.05, 4.69) is 5.32 Å². The van der Waals surface area contributed by atoms with E-state index in [0.717, 1.165) is 16.6 Å². The minimum atomic E-state index is -0.317. The Balaban J connectivity index is 1.83. The van der Waals surface area contributed by atoms with Crippen molar-refractivity contribution in [1.82, 2.24) is 19.8 Å². The summed E-state index contributed by atoms with van der Waals surface area (Å²) >= 11 is 0. The molecule has 0 radical (unpaired) electrons. The van der Waals surface area contributed by atoms with Crippen molar-refractivity contribution in [2.24, 2.45) is 0 Å². The van der Waals surface area contributed by atoms with E-state index in [1.807, 2.05) is 79.9 Å². The molecule has 6 heteroatoms. The highest BCUT2D eigenvalue weighted by atomic mass is 16.2. The van der Waals surface area contributed by atoms with E-state index < -0.39 is 0 Å². The summed E-state index contributed by atoms with van der Waals surface area (Å²) in [6.45, 7) is 7.39. The fourth-order valence-corrected chi connectivity index (χ4v) is 3.54. The predicted molar refractivity (Wildman–Crippen MR) is 114 cm³/mol. The fourth-order valence-electron chi connectivity index (χ4n) is 3.54. The first kappa shape index (κ1) is 20.6. The Labute approximate surface area is 171 Å². The number of amides is 2. The van der Waals surface area contributed by atoms with Crippen LogP contribution in [0, 0.1) is 0 Å². The topological polar surface area (TPSA) is 67.2 Å². The number of carbonyl (C=O) groups is 2. The van der Waals surface area contributed by atoms with Gasteiger partial charge in [0, 0.05) is 13.1 Å². The first-order valence-electron chi connectivity index (χ1n) is 10.1. The van der Waals surface area contributed by atoms with Crippen molar-refractivity contribution >= 4 is 22.8 Å². The summed E-state index contributed by atoms with van der Waals surface area (Å²) in [5, 5.41) is 3.03. The first-order valence-corrected chi connectivity index (χ1v) is 10.1. The molecule has 2 amide bonds. The monoisotopic (exact) mass is 392 g/mol. The lowest BCUT2D eigenvalue weighted by molar-refractivity contribution is -0.131. The number of para-hydroxylation sites is 2. The third-order valence-corrected chi connectivity index (χ3v) is 5.07. The van der Waals surface area contributed by atoms with E-state index in [4.69, 9.17) is 4.98 Å². The van der Waals surface area contributed by atoms with Crippen LogP contribution in [0.15, 0.2) is 54.6 Å². The Morgan fingerprint density at radius 1 is 1.03 bits per heavy atom. The minimum Gasteiger partial charge on any atom is -0.346 e. The molecule has 3 rings (SSSR count). The average Bonchev–Trinajstić information content (AvgIpc) is 3.08. The smallest absolute Gasteiger partial charge is 0.242 e. The molecule has 29 heavy (non-hydrogen) atoms. The number of hydrogen-bond acceptors (Lipinski definition) is 3. The second-order valence-electron chi connectivity index (χ2n) is 7.06. The molecule has 0 spiro atoms. The number of nitrogens with zero attached hydrogens (tertiary/aromatic N) is 3. The number of likely N-dealkylation sites (N-methyl/N-ethyl adjacent to an activating group) is 1. The third kappa shape index (κ3) is 4.83. The van der Waals surface area contributed by atoms with Gasteiger partial charge in [-0.1, -0.05) is 42.5 Å². The molecule has 0 fully saturated rings. The molecule has 6 nitrogen and oxygen atoms in total. The summed E-state index contributed by atoms with van der Waals surface area (Å²) in [5.41, 5.74) is 2.67. The van der Waals surface area contributed by atoms with Gasteiger partial charge in [0.25, 0.3) is 0 Å². The lowest BCUT2D eigenvalue weighted by Crippen LogP contribution is -2.35. The van der Waals surface area contributed by atoms with Gasteiger partial charge in [-0.05, 0) is 38.5 Å². The first-order chi connectivity index (χ1) is 14.0. The van der Waals surface area contributed by atoms with E-state index in [1.165, 1.54) is 0 Å². The van der Waals surface area contributed by atoms with Crippen LogP contribution in [0.5, 0.6) is 0 Å². The quantitative estimate of drug-likeness (QED) is 0.639. The average molecular weight is 393 g/mol. The Hall–Kier alpha value is -3.15. The summed E-state index contributed by atoms with van der Waals surface area (Å²) in [7, 11) is 0. The van der Waals surface area contributed by atoms with Crippen LogP contribution < -0.4 is 5.32 Å². The number of benzene rings is 2. The van der Waals surface area contributed by atoms with Gasteiger partial charge in [0.15, 0.2) is 0 Å². The van der Waals surface area contributed by atoms with Crippen LogP contribution in [0.2, 0.25) is 0 Å². The normalized spacial score (nSPS) is 12.0. The molecule has 1 atom stereocenters. The summed E-state index contributed by atoms with van der Waals surface area (Å²) in [5.74, 6) is 0.660. The predicted octanol–water partition coefficient (Wildman–Crippen LogP) is 3.32. The molecular weight excluding hydrogens is 364 g/mol. The van der Waals surface area contributed by atoms with Crippen molar-refractivity contribution in [1.29, 1.82) is 0 Å². The van der Waals surface area contributed by atoms with E-state index in [9.17, 15) is 9.59 Å². The molecule has 0 aliphatic heterocycles. The molecular formula is C23H28N4O2. The summed E-state index contributed by atoms with van der Waals surface area (Å²) < 4.78 is 1.92. The van der Waals surface area contributed by atoms with Crippen LogP contribution in [-0.4, -0.2) is 39.4 Å². The summed E-state index contributed by atoms with van der Waals surface area (Å²) in [6.07, 6.45) is 0.309. The lowest BCUT2D eigenvalue weighted by atomic mass is 10.1. The fraction of sp³-hybridized carbons (Fsp3) is 0.348. The number of nitrogens with one attached hydrogen (secondary N) is 1. The molecule has 0 aliphatic rings. The molecule has 1 unspecified atom stereocenters. The highest BCUT2D eigenvalue weighted by Crippen LogP contribution is 2.21. The molecule has 152 valence electrons. The zero-order valence-corrected chi connectivity index (χ0v) is 17.3. The number of carbonyl (C=O) groups excluding carboxylic acids is 2. The summed E-state index contributed by atoms with van der Waals surface area (Å²) in [6, 6.07) is 17.1. The second-order valence-corrected chi connectivity index (χ2v) is 7.06. The molecule has 1 heterocycles. The van der Waals surface area contributed by atoms with Crippen LogP contribution >= 0.6 is 0 Å². The van der Waals surface area contributed by atoms with Gasteiger partial charge in [0.2, 0.25) is 11.8 Å². The molecule has 1 N–H and O–H groups in total. The Bertz CT molecular complexity index is 977. The molecule has 0 saturated heterocycles. The Morgan fingerprint density at radius 2 is 1.69 bits per heavy atom. The van der Waals surface area contributed by atoms with E-state index in [0.29, 0.717) is 25.3 Å². The SMILES string of the molecule is CCN(CC)C(=O)Cn1c(C(C)NC(=O)Cc2ccccc2)nc2ccccc21. The van der Waals surface area contributed by atoms with Crippen LogP contribution in [0.1, 0.15) is 38.2 Å². The van der Waals surface area contributed by atoms with Crippen molar-refractivity contribution in [3.05, 3.63) is 66.0 Å². The molecule has 3 aromatic rings. The van der Waals surface area contributed by atoms with Crippen molar-refractivity contribution in [2.45, 2.75) is 39.8 Å². The Kier molecular flexibility index (Phi) is 6.65. The minimum absolute atomic E-state index is 0.0437. The van der Waals surface area contributed by atoms with Gasteiger partial charge in [-0.3, -0.25) is 9.59 Å².